The number of benzene rings is 1. The number of anilines is 1. The number of hydrogen-bond acceptors (Lipinski definition) is 5. The van der Waals surface area contributed by atoms with Crippen molar-refractivity contribution in [1.82, 2.24) is 4.72 Å². The minimum Gasteiger partial charge on any atom is -0.399 e. The summed E-state index contributed by atoms with van der Waals surface area (Å²) in [6.45, 7) is 5.12. The van der Waals surface area contributed by atoms with E-state index < -0.39 is 10.0 Å². The van der Waals surface area contributed by atoms with Crippen LogP contribution in [0.15, 0.2) is 17.0 Å². The molecule has 1 aliphatic heterocycles. The van der Waals surface area contributed by atoms with E-state index in [1.165, 1.54) is 0 Å². The van der Waals surface area contributed by atoms with Crippen LogP contribution in [0.4, 0.5) is 5.69 Å². The number of ether oxygens (including phenoxy) is 2. The molecule has 0 saturated carbocycles. The predicted molar refractivity (Wildman–Crippen MR) is 76.1 cm³/mol. The monoisotopic (exact) mass is 300 g/mol. The smallest absolute Gasteiger partial charge is 0.241 e. The van der Waals surface area contributed by atoms with E-state index in [1.54, 1.807) is 26.0 Å². The molecule has 0 amide bonds. The molecule has 0 radical (unpaired) electrons. The molecule has 112 valence electrons. The Kier molecular flexibility index (Phi) is 4.64. The zero-order chi connectivity index (χ0) is 14.8. The maximum Gasteiger partial charge on any atom is 0.241 e. The fourth-order valence-electron chi connectivity index (χ4n) is 2.34. The number of hydrogen-bond donors (Lipinski definition) is 2. The Labute approximate surface area is 119 Å². The Morgan fingerprint density at radius 2 is 1.95 bits per heavy atom. The van der Waals surface area contributed by atoms with Gasteiger partial charge in [-0.3, -0.25) is 0 Å². The topological polar surface area (TPSA) is 90.7 Å². The Morgan fingerprint density at radius 1 is 1.30 bits per heavy atom. The maximum atomic E-state index is 12.4. The quantitative estimate of drug-likeness (QED) is 0.794. The van der Waals surface area contributed by atoms with Crippen LogP contribution in [0.1, 0.15) is 11.1 Å². The molecular weight excluding hydrogens is 280 g/mol. The molecule has 0 bridgehead atoms. The highest BCUT2D eigenvalue weighted by molar-refractivity contribution is 7.89. The van der Waals surface area contributed by atoms with Crippen molar-refractivity contribution in [2.75, 3.05) is 32.1 Å². The van der Waals surface area contributed by atoms with Crippen LogP contribution in [0, 0.1) is 13.8 Å². The Balaban J connectivity index is 2.14. The summed E-state index contributed by atoms with van der Waals surface area (Å²) in [7, 11) is -3.58. The lowest BCUT2D eigenvalue weighted by Crippen LogP contribution is -2.40. The summed E-state index contributed by atoms with van der Waals surface area (Å²) in [6.07, 6.45) is -0.243. The Bertz CT molecular complexity index is 557. The van der Waals surface area contributed by atoms with Gasteiger partial charge in [0.1, 0.15) is 0 Å². The van der Waals surface area contributed by atoms with Gasteiger partial charge < -0.3 is 15.2 Å². The largest absolute Gasteiger partial charge is 0.399 e. The summed E-state index contributed by atoms with van der Waals surface area (Å²) >= 11 is 0. The molecule has 3 N–H and O–H groups in total. The molecular formula is C13H20N2O4S. The number of aryl methyl sites for hydroxylation is 2. The Morgan fingerprint density at radius 3 is 2.50 bits per heavy atom. The second-order valence-electron chi connectivity index (χ2n) is 4.90. The molecule has 0 aromatic heterocycles. The van der Waals surface area contributed by atoms with Crippen LogP contribution < -0.4 is 10.5 Å². The van der Waals surface area contributed by atoms with Crippen LogP contribution in [0.3, 0.4) is 0 Å². The van der Waals surface area contributed by atoms with E-state index in [2.05, 4.69) is 4.72 Å². The molecule has 1 heterocycles. The van der Waals surface area contributed by atoms with Gasteiger partial charge in [0.15, 0.2) is 0 Å². The fourth-order valence-corrected chi connectivity index (χ4v) is 3.85. The van der Waals surface area contributed by atoms with E-state index in [-0.39, 0.29) is 17.5 Å². The van der Waals surface area contributed by atoms with E-state index in [1.807, 2.05) is 0 Å². The van der Waals surface area contributed by atoms with Gasteiger partial charge in [-0.15, -0.1) is 0 Å². The molecule has 20 heavy (non-hydrogen) atoms. The second-order valence-corrected chi connectivity index (χ2v) is 6.61. The number of nitrogens with two attached hydrogens (primary N) is 1. The molecule has 1 atom stereocenters. The minimum absolute atomic E-state index is 0.200. The van der Waals surface area contributed by atoms with E-state index in [0.29, 0.717) is 36.6 Å². The van der Waals surface area contributed by atoms with E-state index in [4.69, 9.17) is 15.2 Å². The third-order valence-electron chi connectivity index (χ3n) is 3.14. The average Bonchev–Trinajstić information content (AvgIpc) is 2.36. The molecule has 1 saturated heterocycles. The summed E-state index contributed by atoms with van der Waals surface area (Å²) in [5, 5.41) is 0. The van der Waals surface area contributed by atoms with Crippen molar-refractivity contribution in [2.45, 2.75) is 24.8 Å². The van der Waals surface area contributed by atoms with Crippen molar-refractivity contribution in [3.05, 3.63) is 23.3 Å². The number of sulfonamides is 1. The van der Waals surface area contributed by atoms with E-state index in [0.717, 1.165) is 0 Å². The molecule has 1 aromatic rings. The SMILES string of the molecule is Cc1cc(N)cc(C)c1S(=O)(=O)NCC1COCCO1. The van der Waals surface area contributed by atoms with Gasteiger partial charge in [0.25, 0.3) is 0 Å². The van der Waals surface area contributed by atoms with Gasteiger partial charge in [0.2, 0.25) is 10.0 Å². The van der Waals surface area contributed by atoms with Crippen LogP contribution in [0.5, 0.6) is 0 Å². The van der Waals surface area contributed by atoms with Gasteiger partial charge in [0, 0.05) is 12.2 Å². The number of nitrogens with one attached hydrogen (secondary N) is 1. The zero-order valence-electron chi connectivity index (χ0n) is 11.7. The van der Waals surface area contributed by atoms with E-state index in [9.17, 15) is 8.42 Å². The van der Waals surface area contributed by atoms with Gasteiger partial charge in [-0.05, 0) is 37.1 Å². The predicted octanol–water partition coefficient (Wildman–Crippen LogP) is 0.579. The van der Waals surface area contributed by atoms with Crippen LogP contribution in [-0.4, -0.2) is 40.9 Å². The van der Waals surface area contributed by atoms with Crippen LogP contribution in [0.2, 0.25) is 0 Å². The van der Waals surface area contributed by atoms with Gasteiger partial charge >= 0.3 is 0 Å². The first kappa shape index (κ1) is 15.2. The third kappa shape index (κ3) is 3.49. The normalized spacial score (nSPS) is 20.0. The van der Waals surface area contributed by atoms with Gasteiger partial charge in [-0.25, -0.2) is 13.1 Å². The lowest BCUT2D eigenvalue weighted by atomic mass is 10.1. The van der Waals surface area contributed by atoms with Gasteiger partial charge in [-0.1, -0.05) is 0 Å². The first-order valence-corrected chi connectivity index (χ1v) is 7.94. The van der Waals surface area contributed by atoms with Crippen molar-refractivity contribution >= 4 is 15.7 Å². The highest BCUT2D eigenvalue weighted by Crippen LogP contribution is 2.22. The lowest BCUT2D eigenvalue weighted by molar-refractivity contribution is -0.0846. The zero-order valence-corrected chi connectivity index (χ0v) is 12.5. The van der Waals surface area contributed by atoms with Crippen molar-refractivity contribution in [3.63, 3.8) is 0 Å². The molecule has 1 aliphatic rings. The molecule has 1 aromatic carbocycles. The maximum absolute atomic E-state index is 12.4. The van der Waals surface area contributed by atoms with Crippen molar-refractivity contribution in [3.8, 4) is 0 Å². The van der Waals surface area contributed by atoms with Crippen LogP contribution >= 0.6 is 0 Å². The van der Waals surface area contributed by atoms with Crippen molar-refractivity contribution in [2.24, 2.45) is 0 Å². The van der Waals surface area contributed by atoms with Crippen molar-refractivity contribution < 1.29 is 17.9 Å². The summed E-state index contributed by atoms with van der Waals surface area (Å²) in [5.74, 6) is 0. The first-order chi connectivity index (χ1) is 9.40. The Hall–Kier alpha value is -1.15. The third-order valence-corrected chi connectivity index (χ3v) is 4.87. The van der Waals surface area contributed by atoms with Gasteiger partial charge in [0.05, 0.1) is 30.8 Å². The van der Waals surface area contributed by atoms with E-state index >= 15 is 0 Å². The fraction of sp³-hybridized carbons (Fsp3) is 0.538. The van der Waals surface area contributed by atoms with Crippen LogP contribution in [0.25, 0.3) is 0 Å². The summed E-state index contributed by atoms with van der Waals surface area (Å²) in [6, 6.07) is 3.31. The standard InChI is InChI=1S/C13H20N2O4S/c1-9-5-11(14)6-10(2)13(9)20(16,17)15-7-12-8-18-3-4-19-12/h5-6,12,15H,3-4,7-8,14H2,1-2H3. The number of nitrogen functional groups attached to an aromatic ring is 1. The highest BCUT2D eigenvalue weighted by Gasteiger charge is 2.22. The summed E-state index contributed by atoms with van der Waals surface area (Å²) in [5.41, 5.74) is 7.54. The summed E-state index contributed by atoms with van der Waals surface area (Å²) < 4.78 is 38.0. The molecule has 6 nitrogen and oxygen atoms in total. The molecule has 7 heteroatoms. The van der Waals surface area contributed by atoms with Crippen molar-refractivity contribution in [1.29, 1.82) is 0 Å². The average molecular weight is 300 g/mol. The molecule has 2 rings (SSSR count). The minimum atomic E-state index is -3.58. The first-order valence-electron chi connectivity index (χ1n) is 6.46. The molecule has 1 unspecified atom stereocenters. The molecule has 0 spiro atoms. The lowest BCUT2D eigenvalue weighted by Gasteiger charge is -2.23. The number of rotatable bonds is 4. The van der Waals surface area contributed by atoms with Crippen LogP contribution in [-0.2, 0) is 19.5 Å². The summed E-state index contributed by atoms with van der Waals surface area (Å²) in [4.78, 5) is 0.281. The molecule has 0 aliphatic carbocycles. The van der Waals surface area contributed by atoms with Gasteiger partial charge in [-0.2, -0.15) is 0 Å². The molecule has 1 fully saturated rings. The highest BCUT2D eigenvalue weighted by atomic mass is 32.2. The second kappa shape index (κ2) is 6.09.